The average molecular weight is 425 g/mol. The smallest absolute Gasteiger partial charge is 0.261 e. The Kier molecular flexibility index (Phi) is 5.01. The molecule has 5 rings (SSSR count). The summed E-state index contributed by atoms with van der Waals surface area (Å²) in [4.78, 5) is 21.4. The molecular weight excluding hydrogens is 409 g/mol. The van der Waals surface area contributed by atoms with E-state index in [0.29, 0.717) is 28.5 Å². The molecule has 0 atom stereocenters. The molecule has 32 heavy (non-hydrogen) atoms. The van der Waals surface area contributed by atoms with Crippen LogP contribution in [0.25, 0.3) is 16.9 Å². The van der Waals surface area contributed by atoms with Crippen LogP contribution in [0.2, 0.25) is 0 Å². The number of halogens is 1. The lowest BCUT2D eigenvalue weighted by Crippen LogP contribution is -2.12. The summed E-state index contributed by atoms with van der Waals surface area (Å²) in [7, 11) is 0. The molecular formula is C24H16FN5O2. The molecule has 0 spiro atoms. The molecule has 1 N–H and O–H groups in total. The molecule has 156 valence electrons. The first kappa shape index (κ1) is 19.4. The fraction of sp³-hybridized carbons (Fsp3) is 0. The summed E-state index contributed by atoms with van der Waals surface area (Å²) in [5, 5.41) is 7.15. The van der Waals surface area contributed by atoms with E-state index >= 15 is 0 Å². The molecule has 0 radical (unpaired) electrons. The van der Waals surface area contributed by atoms with E-state index in [1.165, 1.54) is 36.7 Å². The molecule has 0 fully saturated rings. The highest BCUT2D eigenvalue weighted by Crippen LogP contribution is 2.23. The SMILES string of the molecule is O=C(Nc1ccc(Oc2ccc(F)cc2)nc1)c1cnn2c(-c3ccccc3)ccnc12. The van der Waals surface area contributed by atoms with Crippen LogP contribution in [0.3, 0.4) is 0 Å². The second-order valence-electron chi connectivity index (χ2n) is 6.88. The number of hydrogen-bond acceptors (Lipinski definition) is 5. The predicted molar refractivity (Wildman–Crippen MR) is 117 cm³/mol. The van der Waals surface area contributed by atoms with Crippen molar-refractivity contribution in [3.8, 4) is 22.9 Å². The van der Waals surface area contributed by atoms with E-state index in [1.807, 2.05) is 36.4 Å². The van der Waals surface area contributed by atoms with E-state index in [1.54, 1.807) is 22.8 Å². The van der Waals surface area contributed by atoms with Crippen LogP contribution in [0, 0.1) is 5.82 Å². The van der Waals surface area contributed by atoms with Gasteiger partial charge in [-0.25, -0.2) is 18.9 Å². The maximum absolute atomic E-state index is 13.0. The second-order valence-corrected chi connectivity index (χ2v) is 6.88. The number of aromatic nitrogens is 4. The standard InChI is InChI=1S/C24H16FN5O2/c25-17-6-9-19(10-7-17)32-22-11-8-18(14-27-22)29-24(31)20-15-28-30-21(12-13-26-23(20)30)16-4-2-1-3-5-16/h1-15H,(H,29,31). The Labute approximate surface area is 182 Å². The Balaban J connectivity index is 1.34. The molecule has 7 nitrogen and oxygen atoms in total. The molecule has 3 heterocycles. The Morgan fingerprint density at radius 3 is 2.47 bits per heavy atom. The largest absolute Gasteiger partial charge is 0.439 e. The Morgan fingerprint density at radius 1 is 0.906 bits per heavy atom. The molecule has 0 aliphatic heterocycles. The molecule has 2 aromatic carbocycles. The van der Waals surface area contributed by atoms with Crippen LogP contribution in [0.1, 0.15) is 10.4 Å². The van der Waals surface area contributed by atoms with Gasteiger partial charge in [0.2, 0.25) is 5.88 Å². The highest BCUT2D eigenvalue weighted by molar-refractivity contribution is 6.08. The first-order valence-corrected chi connectivity index (χ1v) is 9.76. The number of benzene rings is 2. The van der Waals surface area contributed by atoms with E-state index in [2.05, 4.69) is 20.4 Å². The van der Waals surface area contributed by atoms with Crippen molar-refractivity contribution in [3.05, 3.63) is 103 Å². The van der Waals surface area contributed by atoms with Crippen LogP contribution in [0.4, 0.5) is 10.1 Å². The number of nitrogens with zero attached hydrogens (tertiary/aromatic N) is 4. The number of amides is 1. The van der Waals surface area contributed by atoms with Crippen LogP contribution in [0.5, 0.6) is 11.6 Å². The Hall–Kier alpha value is -4.59. The molecule has 0 aliphatic carbocycles. The molecule has 1 amide bonds. The van der Waals surface area contributed by atoms with Crippen molar-refractivity contribution in [1.82, 2.24) is 19.6 Å². The third kappa shape index (κ3) is 3.89. The van der Waals surface area contributed by atoms with Gasteiger partial charge in [-0.2, -0.15) is 5.10 Å². The highest BCUT2D eigenvalue weighted by atomic mass is 19.1. The lowest BCUT2D eigenvalue weighted by atomic mass is 10.1. The molecule has 0 aliphatic rings. The molecule has 0 saturated heterocycles. The lowest BCUT2D eigenvalue weighted by molar-refractivity contribution is 0.102. The zero-order chi connectivity index (χ0) is 21.9. The summed E-state index contributed by atoms with van der Waals surface area (Å²) in [6.07, 6.45) is 4.62. The molecule has 3 aromatic heterocycles. The summed E-state index contributed by atoms with van der Waals surface area (Å²) in [5.74, 6) is 0.0789. The van der Waals surface area contributed by atoms with Crippen molar-refractivity contribution < 1.29 is 13.9 Å². The van der Waals surface area contributed by atoms with Crippen molar-refractivity contribution in [2.24, 2.45) is 0 Å². The molecule has 5 aromatic rings. The van der Waals surface area contributed by atoms with Crippen molar-refractivity contribution in [2.75, 3.05) is 5.32 Å². The van der Waals surface area contributed by atoms with Crippen LogP contribution in [0.15, 0.2) is 91.4 Å². The molecule has 0 saturated carbocycles. The first-order valence-electron chi connectivity index (χ1n) is 9.76. The van der Waals surface area contributed by atoms with Gasteiger partial charge in [0.05, 0.1) is 23.8 Å². The Bertz CT molecular complexity index is 1380. The van der Waals surface area contributed by atoms with Crippen molar-refractivity contribution >= 4 is 17.2 Å². The molecule has 0 unspecified atom stereocenters. The second kappa shape index (κ2) is 8.27. The fourth-order valence-electron chi connectivity index (χ4n) is 3.22. The third-order valence-corrected chi connectivity index (χ3v) is 4.75. The van der Waals surface area contributed by atoms with Crippen molar-refractivity contribution in [1.29, 1.82) is 0 Å². The van der Waals surface area contributed by atoms with Gasteiger partial charge in [-0.15, -0.1) is 0 Å². The van der Waals surface area contributed by atoms with Gasteiger partial charge < -0.3 is 10.1 Å². The number of fused-ring (bicyclic) bond motifs is 1. The van der Waals surface area contributed by atoms with Crippen LogP contribution >= 0.6 is 0 Å². The minimum absolute atomic E-state index is 0.319. The minimum Gasteiger partial charge on any atom is -0.439 e. The number of pyridine rings is 1. The van der Waals surface area contributed by atoms with Crippen LogP contribution in [-0.2, 0) is 0 Å². The predicted octanol–water partition coefficient (Wildman–Crippen LogP) is 4.98. The van der Waals surface area contributed by atoms with Crippen molar-refractivity contribution in [2.45, 2.75) is 0 Å². The number of anilines is 1. The van der Waals surface area contributed by atoms with E-state index in [0.717, 1.165) is 11.3 Å². The highest BCUT2D eigenvalue weighted by Gasteiger charge is 2.16. The normalized spacial score (nSPS) is 10.8. The number of carbonyl (C=O) groups is 1. The van der Waals surface area contributed by atoms with Crippen LogP contribution in [-0.4, -0.2) is 25.5 Å². The summed E-state index contributed by atoms with van der Waals surface area (Å²) in [6.45, 7) is 0. The monoisotopic (exact) mass is 425 g/mol. The average Bonchev–Trinajstić information content (AvgIpc) is 3.27. The van der Waals surface area contributed by atoms with Gasteiger partial charge in [-0.05, 0) is 36.4 Å². The van der Waals surface area contributed by atoms with Gasteiger partial charge >= 0.3 is 0 Å². The van der Waals surface area contributed by atoms with Gasteiger partial charge in [0.1, 0.15) is 17.1 Å². The fourth-order valence-corrected chi connectivity index (χ4v) is 3.22. The minimum atomic E-state index is -0.355. The van der Waals surface area contributed by atoms with E-state index in [9.17, 15) is 9.18 Å². The van der Waals surface area contributed by atoms with E-state index < -0.39 is 0 Å². The third-order valence-electron chi connectivity index (χ3n) is 4.75. The number of ether oxygens (including phenoxy) is 1. The molecule has 0 bridgehead atoms. The summed E-state index contributed by atoms with van der Waals surface area (Å²) >= 11 is 0. The quantitative estimate of drug-likeness (QED) is 0.430. The summed E-state index contributed by atoms with van der Waals surface area (Å²) in [5.41, 5.74) is 3.08. The number of hydrogen-bond donors (Lipinski definition) is 1. The van der Waals surface area contributed by atoms with E-state index in [-0.39, 0.29) is 11.7 Å². The lowest BCUT2D eigenvalue weighted by Gasteiger charge is -2.07. The summed E-state index contributed by atoms with van der Waals surface area (Å²) < 4.78 is 20.2. The maximum Gasteiger partial charge on any atom is 0.261 e. The topological polar surface area (TPSA) is 81.4 Å². The van der Waals surface area contributed by atoms with E-state index in [4.69, 9.17) is 4.74 Å². The van der Waals surface area contributed by atoms with Gasteiger partial charge in [-0.1, -0.05) is 30.3 Å². The van der Waals surface area contributed by atoms with Gasteiger partial charge in [-0.3, -0.25) is 4.79 Å². The number of nitrogens with one attached hydrogen (secondary N) is 1. The van der Waals surface area contributed by atoms with Crippen molar-refractivity contribution in [3.63, 3.8) is 0 Å². The number of rotatable bonds is 5. The van der Waals surface area contributed by atoms with Gasteiger partial charge in [0, 0.05) is 17.8 Å². The summed E-state index contributed by atoms with van der Waals surface area (Å²) in [6, 6.07) is 20.5. The maximum atomic E-state index is 13.0. The zero-order valence-corrected chi connectivity index (χ0v) is 16.6. The Morgan fingerprint density at radius 2 is 1.72 bits per heavy atom. The molecule has 8 heteroatoms. The first-order chi connectivity index (χ1) is 15.7. The van der Waals surface area contributed by atoms with Crippen LogP contribution < -0.4 is 10.1 Å². The van der Waals surface area contributed by atoms with Gasteiger partial charge in [0.15, 0.2) is 5.65 Å². The van der Waals surface area contributed by atoms with Gasteiger partial charge in [0.25, 0.3) is 5.91 Å². The number of carbonyl (C=O) groups excluding carboxylic acids is 1. The zero-order valence-electron chi connectivity index (χ0n) is 16.6.